The number of quaternary nitrogens is 1. The van der Waals surface area contributed by atoms with Crippen molar-refractivity contribution in [2.24, 2.45) is 39.9 Å². The molecular weight excluding hydrogens is 434 g/mol. The number of esters is 1. The number of ketones is 1. The normalized spacial score (nSPS) is 44.4. The Kier molecular flexibility index (Phi) is 6.77. The molecule has 1 heterocycles. The van der Waals surface area contributed by atoms with Gasteiger partial charge in [0.15, 0.2) is 5.78 Å². The Morgan fingerprint density at radius 3 is 2.57 bits per heavy atom. The van der Waals surface area contributed by atoms with E-state index in [4.69, 9.17) is 4.74 Å². The second-order valence-electron chi connectivity index (χ2n) is 14.4. The number of hydrogen-bond acceptors (Lipinski definition) is 3. The number of likely N-dealkylation sites (tertiary alicyclic amines) is 1. The largest absolute Gasteiger partial charge is 0.462 e. The molecule has 0 bridgehead atoms. The molecule has 35 heavy (non-hydrogen) atoms. The molecule has 0 radical (unpaired) electrons. The van der Waals surface area contributed by atoms with E-state index in [1.54, 1.807) is 11.8 Å². The predicted octanol–water partition coefficient (Wildman–Crippen LogP) is 5.16. The van der Waals surface area contributed by atoms with Crippen LogP contribution in [0.15, 0.2) is 11.6 Å². The summed E-state index contributed by atoms with van der Waals surface area (Å²) in [4.78, 5) is 26.7. The molecule has 1 saturated heterocycles. The van der Waals surface area contributed by atoms with E-state index in [0.29, 0.717) is 34.9 Å². The Bertz CT molecular complexity index is 876. The lowest BCUT2D eigenvalue weighted by atomic mass is 9.44. The molecule has 4 heteroatoms. The standard InChI is InChI=1S/C31H49NO3/c1-21(33)25-9-10-26-24-8-7-22-19-23(11-15-30(22,4)27(24)12-16-31(25,26)5)35-28(34)13-18-32-17-6-14-29(2,3)20-32/h9,22-24,26-27H,6-8,10-20H2,1-5H3/p+1/t22-,23?,24?,26?,27?,30?,31?/m0/s1. The third-order valence-corrected chi connectivity index (χ3v) is 11.7. The van der Waals surface area contributed by atoms with E-state index in [1.807, 2.05) is 0 Å². The molecule has 0 amide bonds. The first-order valence-corrected chi connectivity index (χ1v) is 14.8. The lowest BCUT2D eigenvalue weighted by Gasteiger charge is -2.60. The van der Waals surface area contributed by atoms with Crippen molar-refractivity contribution < 1.29 is 19.2 Å². The molecule has 1 N–H and O–H groups in total. The third kappa shape index (κ3) is 4.66. The zero-order valence-corrected chi connectivity index (χ0v) is 23.1. The number of allylic oxidation sites excluding steroid dienone is 2. The molecule has 196 valence electrons. The predicted molar refractivity (Wildman–Crippen MR) is 139 cm³/mol. The van der Waals surface area contributed by atoms with Gasteiger partial charge in [0, 0.05) is 5.41 Å². The van der Waals surface area contributed by atoms with Gasteiger partial charge in [0.25, 0.3) is 0 Å². The van der Waals surface area contributed by atoms with Crippen LogP contribution in [0.5, 0.6) is 0 Å². The smallest absolute Gasteiger partial charge is 0.311 e. The second kappa shape index (κ2) is 9.30. The average Bonchev–Trinajstić information content (AvgIpc) is 3.15. The van der Waals surface area contributed by atoms with Crippen molar-refractivity contribution in [3.8, 4) is 0 Å². The number of piperidine rings is 1. The molecule has 4 fully saturated rings. The first kappa shape index (κ1) is 25.5. The Labute approximate surface area is 213 Å². The quantitative estimate of drug-likeness (QED) is 0.548. The molecule has 4 nitrogen and oxygen atoms in total. The van der Waals surface area contributed by atoms with Gasteiger partial charge in [-0.1, -0.05) is 33.8 Å². The van der Waals surface area contributed by atoms with Crippen LogP contribution in [0.2, 0.25) is 0 Å². The summed E-state index contributed by atoms with van der Waals surface area (Å²) in [6.07, 6.45) is 14.9. The van der Waals surface area contributed by atoms with Gasteiger partial charge < -0.3 is 9.64 Å². The maximum Gasteiger partial charge on any atom is 0.311 e. The first-order valence-electron chi connectivity index (χ1n) is 14.8. The van der Waals surface area contributed by atoms with E-state index in [0.717, 1.165) is 43.2 Å². The molecule has 5 aliphatic rings. The van der Waals surface area contributed by atoms with Gasteiger partial charge in [0.1, 0.15) is 6.10 Å². The summed E-state index contributed by atoms with van der Waals surface area (Å²) < 4.78 is 6.09. The fraction of sp³-hybridized carbons (Fsp3) is 0.871. The van der Waals surface area contributed by atoms with Crippen molar-refractivity contribution in [1.82, 2.24) is 0 Å². The topological polar surface area (TPSA) is 47.8 Å². The van der Waals surface area contributed by atoms with Crippen LogP contribution in [0.3, 0.4) is 0 Å². The maximum absolute atomic E-state index is 12.8. The van der Waals surface area contributed by atoms with Crippen molar-refractivity contribution in [2.45, 2.75) is 111 Å². The highest BCUT2D eigenvalue weighted by molar-refractivity contribution is 5.95. The summed E-state index contributed by atoms with van der Waals surface area (Å²) in [5.74, 6) is 3.16. The summed E-state index contributed by atoms with van der Waals surface area (Å²) in [5, 5.41) is 0. The molecule has 0 spiro atoms. The van der Waals surface area contributed by atoms with Crippen LogP contribution in [0.4, 0.5) is 0 Å². The van der Waals surface area contributed by atoms with E-state index in [1.165, 1.54) is 58.0 Å². The Hall–Kier alpha value is -1.16. The number of Topliss-reactive ketones (excluding diaryl/α,β-unsaturated/α-hetero) is 1. The second-order valence-corrected chi connectivity index (χ2v) is 14.4. The van der Waals surface area contributed by atoms with E-state index in [9.17, 15) is 9.59 Å². The molecule has 7 unspecified atom stereocenters. The van der Waals surface area contributed by atoms with E-state index >= 15 is 0 Å². The van der Waals surface area contributed by atoms with Crippen LogP contribution in [-0.2, 0) is 14.3 Å². The van der Waals surface area contributed by atoms with Gasteiger partial charge in [-0.05, 0) is 111 Å². The van der Waals surface area contributed by atoms with Gasteiger partial charge in [-0.2, -0.15) is 0 Å². The number of rotatable bonds is 5. The van der Waals surface area contributed by atoms with Crippen LogP contribution in [0.25, 0.3) is 0 Å². The van der Waals surface area contributed by atoms with E-state index in [-0.39, 0.29) is 17.5 Å². The summed E-state index contributed by atoms with van der Waals surface area (Å²) >= 11 is 0. The highest BCUT2D eigenvalue weighted by atomic mass is 16.5. The minimum atomic E-state index is 0.0328. The van der Waals surface area contributed by atoms with Crippen molar-refractivity contribution >= 4 is 11.8 Å². The lowest BCUT2D eigenvalue weighted by molar-refractivity contribution is -0.911. The van der Waals surface area contributed by atoms with Crippen LogP contribution in [0.1, 0.15) is 105 Å². The monoisotopic (exact) mass is 484 g/mol. The van der Waals surface area contributed by atoms with Gasteiger partial charge in [0.05, 0.1) is 26.1 Å². The van der Waals surface area contributed by atoms with Crippen LogP contribution >= 0.6 is 0 Å². The van der Waals surface area contributed by atoms with Crippen molar-refractivity contribution in [3.63, 3.8) is 0 Å². The van der Waals surface area contributed by atoms with Gasteiger partial charge in [0.2, 0.25) is 0 Å². The summed E-state index contributed by atoms with van der Waals surface area (Å²) in [6.45, 7) is 14.7. The number of fused-ring (bicyclic) bond motifs is 5. The van der Waals surface area contributed by atoms with Gasteiger partial charge >= 0.3 is 5.97 Å². The molecular formula is C31H50NO3+. The highest BCUT2D eigenvalue weighted by Gasteiger charge is 2.59. The highest BCUT2D eigenvalue weighted by Crippen LogP contribution is 2.66. The lowest BCUT2D eigenvalue weighted by Crippen LogP contribution is -3.14. The molecule has 1 aliphatic heterocycles. The zero-order chi connectivity index (χ0) is 25.0. The van der Waals surface area contributed by atoms with Crippen LogP contribution in [0, 0.1) is 39.9 Å². The molecule has 0 aromatic rings. The Balaban J connectivity index is 1.16. The molecule has 8 atom stereocenters. The molecule has 0 aromatic carbocycles. The third-order valence-electron chi connectivity index (χ3n) is 11.7. The summed E-state index contributed by atoms with van der Waals surface area (Å²) in [6, 6.07) is 0. The van der Waals surface area contributed by atoms with Crippen molar-refractivity contribution in [3.05, 3.63) is 11.6 Å². The average molecular weight is 485 g/mol. The summed E-state index contributed by atoms with van der Waals surface area (Å²) in [5.41, 5.74) is 2.01. The number of hydrogen-bond donors (Lipinski definition) is 1. The Morgan fingerprint density at radius 1 is 1.03 bits per heavy atom. The minimum absolute atomic E-state index is 0.0328. The van der Waals surface area contributed by atoms with Gasteiger partial charge in [-0.15, -0.1) is 0 Å². The van der Waals surface area contributed by atoms with E-state index in [2.05, 4.69) is 33.8 Å². The molecule has 5 rings (SSSR count). The number of ether oxygens (including phenoxy) is 1. The molecule has 3 saturated carbocycles. The number of carbonyl (C=O) groups excluding carboxylic acids is 2. The van der Waals surface area contributed by atoms with Crippen molar-refractivity contribution in [2.75, 3.05) is 19.6 Å². The van der Waals surface area contributed by atoms with Gasteiger partial charge in [-0.3, -0.25) is 9.59 Å². The van der Waals surface area contributed by atoms with Crippen molar-refractivity contribution in [1.29, 1.82) is 0 Å². The Morgan fingerprint density at radius 2 is 1.83 bits per heavy atom. The zero-order valence-electron chi connectivity index (χ0n) is 23.1. The summed E-state index contributed by atoms with van der Waals surface area (Å²) in [7, 11) is 0. The minimum Gasteiger partial charge on any atom is -0.462 e. The fourth-order valence-corrected chi connectivity index (χ4v) is 9.85. The molecule has 4 aliphatic carbocycles. The number of carbonyl (C=O) groups is 2. The SMILES string of the molecule is CC(=O)C1=CCC2C3CC[C@H]4CC(OC(=O)CC[NH+]5CCCC(C)(C)C5)CCC4(C)C3CCC12C. The maximum atomic E-state index is 12.8. The van der Waals surface area contributed by atoms with Crippen LogP contribution < -0.4 is 4.90 Å². The van der Waals surface area contributed by atoms with Gasteiger partial charge in [-0.25, -0.2) is 0 Å². The first-order chi connectivity index (χ1) is 16.5. The molecule has 0 aromatic heterocycles. The number of nitrogens with one attached hydrogen (secondary N) is 1. The van der Waals surface area contributed by atoms with E-state index < -0.39 is 0 Å². The fourth-order valence-electron chi connectivity index (χ4n) is 9.85. The van der Waals surface area contributed by atoms with Crippen LogP contribution in [-0.4, -0.2) is 37.5 Å².